The molecule has 2 fully saturated rings. The molecule has 1 aromatic carbocycles. The summed E-state index contributed by atoms with van der Waals surface area (Å²) in [5.74, 6) is 0.0559. The van der Waals surface area contributed by atoms with Gasteiger partial charge >= 0.3 is 6.09 Å². The van der Waals surface area contributed by atoms with Gasteiger partial charge in [-0.3, -0.25) is 5.32 Å². The number of ether oxygens (including phenoxy) is 3. The summed E-state index contributed by atoms with van der Waals surface area (Å²) in [5, 5.41) is 2.63. The van der Waals surface area contributed by atoms with Crippen LogP contribution in [-0.2, 0) is 24.2 Å². The van der Waals surface area contributed by atoms with Crippen molar-refractivity contribution in [2.75, 3.05) is 24.3 Å². The molecule has 2 saturated heterocycles. The minimum atomic E-state index is -3.37. The minimum absolute atomic E-state index is 0.0559. The van der Waals surface area contributed by atoms with E-state index in [1.54, 1.807) is 31.2 Å². The monoisotopic (exact) mass is 370 g/mol. The number of fused-ring (bicyclic) bond motifs is 1. The maximum absolute atomic E-state index is 12.0. The Morgan fingerprint density at radius 1 is 1.20 bits per heavy atom. The number of anilines is 1. The van der Waals surface area contributed by atoms with Crippen molar-refractivity contribution in [2.45, 2.75) is 37.7 Å². The summed E-state index contributed by atoms with van der Waals surface area (Å²) in [6, 6.07) is 8.49. The SMILES string of the molecule is CCCS(=O)(=O)NC1COC2C(OC(=O)Nc3ccccc3)COC12. The number of hydrogen-bond acceptors (Lipinski definition) is 6. The summed E-state index contributed by atoms with van der Waals surface area (Å²) in [6.45, 7) is 2.16. The first-order valence-corrected chi connectivity index (χ1v) is 9.89. The van der Waals surface area contributed by atoms with Crippen molar-refractivity contribution in [1.29, 1.82) is 0 Å². The van der Waals surface area contributed by atoms with Gasteiger partial charge in [-0.05, 0) is 18.6 Å². The molecular weight excluding hydrogens is 348 g/mol. The van der Waals surface area contributed by atoms with E-state index in [1.165, 1.54) is 0 Å². The summed E-state index contributed by atoms with van der Waals surface area (Å²) >= 11 is 0. The quantitative estimate of drug-likeness (QED) is 0.777. The lowest BCUT2D eigenvalue weighted by atomic mass is 10.1. The van der Waals surface area contributed by atoms with Crippen LogP contribution in [0.1, 0.15) is 13.3 Å². The number of amides is 1. The number of nitrogens with one attached hydrogen (secondary N) is 2. The van der Waals surface area contributed by atoms with Gasteiger partial charge in [0.05, 0.1) is 25.0 Å². The van der Waals surface area contributed by atoms with Crippen molar-refractivity contribution >= 4 is 21.8 Å². The Kier molecular flexibility index (Phi) is 5.57. The minimum Gasteiger partial charge on any atom is -0.441 e. The second-order valence-electron chi connectivity index (χ2n) is 6.07. The van der Waals surface area contributed by atoms with Gasteiger partial charge in [-0.1, -0.05) is 25.1 Å². The van der Waals surface area contributed by atoms with Gasteiger partial charge in [0.2, 0.25) is 10.0 Å². The van der Waals surface area contributed by atoms with Gasteiger partial charge in [0.1, 0.15) is 12.2 Å². The van der Waals surface area contributed by atoms with Crippen LogP contribution in [-0.4, -0.2) is 57.8 Å². The Morgan fingerprint density at radius 2 is 1.92 bits per heavy atom. The third kappa shape index (κ3) is 4.49. The van der Waals surface area contributed by atoms with E-state index in [4.69, 9.17) is 14.2 Å². The fraction of sp³-hybridized carbons (Fsp3) is 0.562. The third-order valence-electron chi connectivity index (χ3n) is 4.09. The van der Waals surface area contributed by atoms with E-state index in [1.807, 2.05) is 6.07 Å². The first-order valence-electron chi connectivity index (χ1n) is 8.24. The van der Waals surface area contributed by atoms with Gasteiger partial charge in [-0.15, -0.1) is 0 Å². The van der Waals surface area contributed by atoms with E-state index in [0.29, 0.717) is 12.1 Å². The highest BCUT2D eigenvalue weighted by Gasteiger charge is 2.50. The zero-order chi connectivity index (χ0) is 17.9. The van der Waals surface area contributed by atoms with Crippen LogP contribution in [0.25, 0.3) is 0 Å². The van der Waals surface area contributed by atoms with E-state index in [0.717, 1.165) is 0 Å². The molecule has 0 bridgehead atoms. The molecule has 0 spiro atoms. The molecule has 8 nitrogen and oxygen atoms in total. The molecule has 1 amide bonds. The van der Waals surface area contributed by atoms with Crippen LogP contribution in [0.4, 0.5) is 10.5 Å². The molecular formula is C16H22N2O6S. The van der Waals surface area contributed by atoms with Crippen LogP contribution >= 0.6 is 0 Å². The van der Waals surface area contributed by atoms with Gasteiger partial charge in [-0.2, -0.15) is 0 Å². The first kappa shape index (κ1) is 18.1. The number of benzene rings is 1. The third-order valence-corrected chi connectivity index (χ3v) is 5.70. The maximum Gasteiger partial charge on any atom is 0.412 e. The molecule has 0 aromatic heterocycles. The summed E-state index contributed by atoms with van der Waals surface area (Å²) in [6.07, 6.45) is -1.58. The van der Waals surface area contributed by atoms with E-state index in [9.17, 15) is 13.2 Å². The Bertz CT molecular complexity index is 696. The molecule has 4 unspecified atom stereocenters. The molecule has 4 atom stereocenters. The number of sulfonamides is 1. The predicted octanol–water partition coefficient (Wildman–Crippen LogP) is 1.10. The average Bonchev–Trinajstić information content (AvgIpc) is 3.12. The Labute approximate surface area is 146 Å². The van der Waals surface area contributed by atoms with Crippen LogP contribution in [0.2, 0.25) is 0 Å². The van der Waals surface area contributed by atoms with Crippen molar-refractivity contribution in [1.82, 2.24) is 4.72 Å². The number of carbonyl (C=O) groups excluding carboxylic acids is 1. The van der Waals surface area contributed by atoms with E-state index in [-0.39, 0.29) is 19.0 Å². The maximum atomic E-state index is 12.0. The van der Waals surface area contributed by atoms with E-state index < -0.39 is 40.5 Å². The lowest BCUT2D eigenvalue weighted by Crippen LogP contribution is -2.45. The molecule has 2 aliphatic rings. The van der Waals surface area contributed by atoms with Gasteiger partial charge in [0.25, 0.3) is 0 Å². The van der Waals surface area contributed by atoms with Crippen LogP contribution in [0.15, 0.2) is 30.3 Å². The smallest absolute Gasteiger partial charge is 0.412 e. The number of hydrogen-bond donors (Lipinski definition) is 2. The Morgan fingerprint density at radius 3 is 2.64 bits per heavy atom. The molecule has 0 saturated carbocycles. The predicted molar refractivity (Wildman–Crippen MR) is 90.8 cm³/mol. The van der Waals surface area contributed by atoms with Crippen molar-refractivity contribution < 1.29 is 27.4 Å². The van der Waals surface area contributed by atoms with E-state index >= 15 is 0 Å². The van der Waals surface area contributed by atoms with Gasteiger partial charge in [0.15, 0.2) is 6.10 Å². The summed E-state index contributed by atoms with van der Waals surface area (Å²) in [4.78, 5) is 12.0. The zero-order valence-electron chi connectivity index (χ0n) is 13.9. The van der Waals surface area contributed by atoms with Crippen molar-refractivity contribution in [2.24, 2.45) is 0 Å². The van der Waals surface area contributed by atoms with Crippen LogP contribution in [0.3, 0.4) is 0 Å². The molecule has 3 rings (SSSR count). The summed E-state index contributed by atoms with van der Waals surface area (Å²) in [5.41, 5.74) is 0.625. The van der Waals surface area contributed by atoms with Gasteiger partial charge < -0.3 is 14.2 Å². The average molecular weight is 370 g/mol. The van der Waals surface area contributed by atoms with Gasteiger partial charge in [-0.25, -0.2) is 17.9 Å². The van der Waals surface area contributed by atoms with Crippen molar-refractivity contribution in [3.05, 3.63) is 30.3 Å². The Balaban J connectivity index is 1.54. The normalized spacial score (nSPS) is 28.5. The molecule has 0 aliphatic carbocycles. The number of carbonyl (C=O) groups is 1. The second kappa shape index (κ2) is 7.69. The van der Waals surface area contributed by atoms with E-state index in [2.05, 4.69) is 10.0 Å². The molecule has 0 radical (unpaired) electrons. The fourth-order valence-corrected chi connectivity index (χ4v) is 4.35. The zero-order valence-corrected chi connectivity index (χ0v) is 14.7. The molecule has 2 N–H and O–H groups in total. The fourth-order valence-electron chi connectivity index (χ4n) is 3.03. The lowest BCUT2D eigenvalue weighted by Gasteiger charge is -2.18. The summed E-state index contributed by atoms with van der Waals surface area (Å²) in [7, 11) is -3.37. The summed E-state index contributed by atoms with van der Waals surface area (Å²) < 4.78 is 43.1. The lowest BCUT2D eigenvalue weighted by molar-refractivity contribution is 0.00883. The number of para-hydroxylation sites is 1. The molecule has 138 valence electrons. The topological polar surface area (TPSA) is 103 Å². The molecule has 2 aliphatic heterocycles. The highest BCUT2D eigenvalue weighted by atomic mass is 32.2. The van der Waals surface area contributed by atoms with Crippen LogP contribution in [0.5, 0.6) is 0 Å². The first-order chi connectivity index (χ1) is 12.0. The molecule has 9 heteroatoms. The highest BCUT2D eigenvalue weighted by molar-refractivity contribution is 7.89. The second-order valence-corrected chi connectivity index (χ2v) is 7.95. The molecule has 2 heterocycles. The van der Waals surface area contributed by atoms with Crippen molar-refractivity contribution in [3.63, 3.8) is 0 Å². The molecule has 25 heavy (non-hydrogen) atoms. The molecule has 1 aromatic rings. The Hall–Kier alpha value is -1.68. The van der Waals surface area contributed by atoms with Gasteiger partial charge in [0, 0.05) is 5.69 Å². The standard InChI is InChI=1S/C16H22N2O6S/c1-2-8-25(20,21)18-12-9-22-15-13(10-23-14(12)15)24-16(19)17-11-6-4-3-5-7-11/h3-7,12-15,18H,2,8-10H2,1H3,(H,17,19). The number of rotatable bonds is 6. The van der Waals surface area contributed by atoms with Crippen molar-refractivity contribution in [3.8, 4) is 0 Å². The highest BCUT2D eigenvalue weighted by Crippen LogP contribution is 2.29. The largest absolute Gasteiger partial charge is 0.441 e. The van der Waals surface area contributed by atoms with Crippen LogP contribution < -0.4 is 10.0 Å². The van der Waals surface area contributed by atoms with Crippen LogP contribution in [0, 0.1) is 0 Å².